The fourth-order valence-electron chi connectivity index (χ4n) is 2.51. The van der Waals surface area contributed by atoms with Gasteiger partial charge in [0, 0.05) is 13.1 Å². The summed E-state index contributed by atoms with van der Waals surface area (Å²) in [5.41, 5.74) is 0.520. The zero-order valence-electron chi connectivity index (χ0n) is 14.1. The number of hydrogen-bond acceptors (Lipinski definition) is 5. The minimum absolute atomic E-state index is 0.337. The maximum atomic E-state index is 12.4. The molecule has 1 saturated heterocycles. The van der Waals surface area contributed by atoms with Gasteiger partial charge in [-0.05, 0) is 26.3 Å². The molecule has 0 N–H and O–H groups in total. The molecule has 1 amide bonds. The summed E-state index contributed by atoms with van der Waals surface area (Å²) in [6.07, 6.45) is -0.497. The summed E-state index contributed by atoms with van der Waals surface area (Å²) in [5, 5.41) is 0. The summed E-state index contributed by atoms with van der Waals surface area (Å²) >= 11 is 0. The van der Waals surface area contributed by atoms with Crippen LogP contribution in [0.15, 0.2) is 30.3 Å². The molecule has 126 valence electrons. The second-order valence-corrected chi connectivity index (χ2v) is 6.63. The van der Waals surface area contributed by atoms with Crippen molar-refractivity contribution in [3.8, 4) is 0 Å². The standard InChI is InChI=1S/C17H24N2O4/c1-17(2,3)23-16(21)19-12-18(11-14(19)15(20)22-4)10-13-8-6-5-7-9-13/h5-9,14H,10-12H2,1-4H3/t14-/m1/s1. The van der Waals surface area contributed by atoms with Crippen molar-refractivity contribution in [3.05, 3.63) is 35.9 Å². The van der Waals surface area contributed by atoms with E-state index < -0.39 is 23.7 Å². The number of carbonyl (C=O) groups excluding carboxylic acids is 2. The third kappa shape index (κ3) is 4.69. The minimum Gasteiger partial charge on any atom is -0.467 e. The number of ether oxygens (including phenoxy) is 2. The lowest BCUT2D eigenvalue weighted by Crippen LogP contribution is -2.44. The predicted octanol–water partition coefficient (Wildman–Crippen LogP) is 2.24. The quantitative estimate of drug-likeness (QED) is 0.799. The van der Waals surface area contributed by atoms with Gasteiger partial charge in [0.2, 0.25) is 0 Å². The van der Waals surface area contributed by atoms with Crippen LogP contribution in [0.1, 0.15) is 26.3 Å². The normalized spacial score (nSPS) is 18.8. The van der Waals surface area contributed by atoms with E-state index in [2.05, 4.69) is 0 Å². The topological polar surface area (TPSA) is 59.1 Å². The van der Waals surface area contributed by atoms with Crippen molar-refractivity contribution >= 4 is 12.1 Å². The van der Waals surface area contributed by atoms with Gasteiger partial charge in [0.1, 0.15) is 11.6 Å². The van der Waals surface area contributed by atoms with Gasteiger partial charge in [-0.25, -0.2) is 9.59 Å². The molecule has 6 heteroatoms. The number of rotatable bonds is 3. The molecule has 23 heavy (non-hydrogen) atoms. The molecule has 0 saturated carbocycles. The molecule has 1 aliphatic rings. The first kappa shape index (κ1) is 17.3. The number of carbonyl (C=O) groups is 2. The lowest BCUT2D eigenvalue weighted by Gasteiger charge is -2.26. The van der Waals surface area contributed by atoms with Crippen LogP contribution in [-0.2, 0) is 20.8 Å². The average Bonchev–Trinajstić information content (AvgIpc) is 2.90. The van der Waals surface area contributed by atoms with Crippen LogP contribution in [-0.4, -0.2) is 53.8 Å². The summed E-state index contributed by atoms with van der Waals surface area (Å²) < 4.78 is 10.2. The molecule has 0 unspecified atom stereocenters. The first-order valence-electron chi connectivity index (χ1n) is 7.64. The number of nitrogens with zero attached hydrogens (tertiary/aromatic N) is 2. The van der Waals surface area contributed by atoms with Gasteiger partial charge in [0.15, 0.2) is 0 Å². The molecular weight excluding hydrogens is 296 g/mol. The Morgan fingerprint density at radius 2 is 1.87 bits per heavy atom. The Bertz CT molecular complexity index is 553. The van der Waals surface area contributed by atoms with Gasteiger partial charge >= 0.3 is 12.1 Å². The first-order valence-corrected chi connectivity index (χ1v) is 7.64. The van der Waals surface area contributed by atoms with E-state index in [0.717, 1.165) is 5.56 Å². The molecule has 0 radical (unpaired) electrons. The highest BCUT2D eigenvalue weighted by molar-refractivity contribution is 5.82. The lowest BCUT2D eigenvalue weighted by atomic mass is 10.2. The number of methoxy groups -OCH3 is 1. The number of hydrogen-bond donors (Lipinski definition) is 0. The van der Waals surface area contributed by atoms with Crippen LogP contribution >= 0.6 is 0 Å². The molecule has 2 rings (SSSR count). The van der Waals surface area contributed by atoms with Gasteiger partial charge in [-0.2, -0.15) is 0 Å². The minimum atomic E-state index is -0.640. The Balaban J connectivity index is 2.09. The summed E-state index contributed by atoms with van der Waals surface area (Å²) in [6.45, 7) is 6.83. The van der Waals surface area contributed by atoms with E-state index in [1.54, 1.807) is 20.8 Å². The van der Waals surface area contributed by atoms with Crippen molar-refractivity contribution in [1.29, 1.82) is 0 Å². The second kappa shape index (κ2) is 7.00. The largest absolute Gasteiger partial charge is 0.467 e. The fourth-order valence-corrected chi connectivity index (χ4v) is 2.51. The van der Waals surface area contributed by atoms with Crippen molar-refractivity contribution in [1.82, 2.24) is 9.80 Å². The molecule has 1 aromatic rings. The van der Waals surface area contributed by atoms with Crippen LogP contribution in [0, 0.1) is 0 Å². The molecule has 1 heterocycles. The van der Waals surface area contributed by atoms with E-state index in [0.29, 0.717) is 19.8 Å². The molecule has 1 aromatic carbocycles. The zero-order chi connectivity index (χ0) is 17.0. The van der Waals surface area contributed by atoms with Crippen LogP contribution in [0.5, 0.6) is 0 Å². The summed E-state index contributed by atoms with van der Waals surface area (Å²) in [4.78, 5) is 27.8. The molecule has 1 aliphatic heterocycles. The van der Waals surface area contributed by atoms with Crippen molar-refractivity contribution in [2.24, 2.45) is 0 Å². The Labute approximate surface area is 137 Å². The van der Waals surface area contributed by atoms with Crippen molar-refractivity contribution in [2.45, 2.75) is 39.0 Å². The SMILES string of the molecule is COC(=O)[C@H]1CN(Cc2ccccc2)CN1C(=O)OC(C)(C)C. The van der Waals surface area contributed by atoms with Gasteiger partial charge in [-0.1, -0.05) is 30.3 Å². The molecule has 0 aromatic heterocycles. The highest BCUT2D eigenvalue weighted by Gasteiger charge is 2.41. The second-order valence-electron chi connectivity index (χ2n) is 6.63. The molecular formula is C17H24N2O4. The Morgan fingerprint density at radius 3 is 2.43 bits per heavy atom. The third-order valence-corrected chi connectivity index (χ3v) is 3.51. The molecule has 1 fully saturated rings. The predicted molar refractivity (Wildman–Crippen MR) is 85.6 cm³/mol. The lowest BCUT2D eigenvalue weighted by molar-refractivity contribution is -0.145. The fraction of sp³-hybridized carbons (Fsp3) is 0.529. The van der Waals surface area contributed by atoms with Crippen molar-refractivity contribution in [3.63, 3.8) is 0 Å². The first-order chi connectivity index (χ1) is 10.8. The van der Waals surface area contributed by atoms with E-state index in [1.165, 1.54) is 12.0 Å². The van der Waals surface area contributed by atoms with Crippen LogP contribution in [0.2, 0.25) is 0 Å². The van der Waals surface area contributed by atoms with E-state index >= 15 is 0 Å². The van der Waals surface area contributed by atoms with Gasteiger partial charge < -0.3 is 9.47 Å². The van der Waals surface area contributed by atoms with E-state index in [9.17, 15) is 9.59 Å². The van der Waals surface area contributed by atoms with E-state index in [4.69, 9.17) is 9.47 Å². The smallest absolute Gasteiger partial charge is 0.412 e. The Morgan fingerprint density at radius 1 is 1.22 bits per heavy atom. The maximum absolute atomic E-state index is 12.4. The van der Waals surface area contributed by atoms with E-state index in [-0.39, 0.29) is 0 Å². The highest BCUT2D eigenvalue weighted by Crippen LogP contribution is 2.20. The summed E-state index contributed by atoms with van der Waals surface area (Å²) in [6, 6.07) is 9.28. The Hall–Kier alpha value is -2.08. The molecule has 0 aliphatic carbocycles. The van der Waals surface area contributed by atoms with Gasteiger partial charge in [-0.3, -0.25) is 9.80 Å². The molecule has 0 bridgehead atoms. The van der Waals surface area contributed by atoms with Crippen molar-refractivity contribution < 1.29 is 19.1 Å². The Kier molecular flexibility index (Phi) is 5.26. The summed E-state index contributed by atoms with van der Waals surface area (Å²) in [5.74, 6) is -0.425. The molecule has 6 nitrogen and oxygen atoms in total. The monoisotopic (exact) mass is 320 g/mol. The highest BCUT2D eigenvalue weighted by atomic mass is 16.6. The maximum Gasteiger partial charge on any atom is 0.412 e. The van der Waals surface area contributed by atoms with Crippen molar-refractivity contribution in [2.75, 3.05) is 20.3 Å². The van der Waals surface area contributed by atoms with Crippen LogP contribution in [0.4, 0.5) is 4.79 Å². The van der Waals surface area contributed by atoms with Crippen LogP contribution in [0.3, 0.4) is 0 Å². The third-order valence-electron chi connectivity index (χ3n) is 3.51. The molecule has 1 atom stereocenters. The van der Waals surface area contributed by atoms with Crippen LogP contribution in [0.25, 0.3) is 0 Å². The van der Waals surface area contributed by atoms with Gasteiger partial charge in [-0.15, -0.1) is 0 Å². The number of benzene rings is 1. The number of amides is 1. The van der Waals surface area contributed by atoms with Gasteiger partial charge in [0.25, 0.3) is 0 Å². The van der Waals surface area contributed by atoms with E-state index in [1.807, 2.05) is 35.2 Å². The zero-order valence-corrected chi connectivity index (χ0v) is 14.1. The van der Waals surface area contributed by atoms with Gasteiger partial charge in [0.05, 0.1) is 13.8 Å². The number of esters is 1. The summed E-state index contributed by atoms with van der Waals surface area (Å²) in [7, 11) is 1.33. The van der Waals surface area contributed by atoms with Crippen LogP contribution < -0.4 is 0 Å². The molecule has 0 spiro atoms. The average molecular weight is 320 g/mol.